The van der Waals surface area contributed by atoms with Gasteiger partial charge in [0.2, 0.25) is 0 Å². The molecule has 19 heavy (non-hydrogen) atoms. The van der Waals surface area contributed by atoms with Gasteiger partial charge in [0.1, 0.15) is 0 Å². The molecule has 2 nitrogen and oxygen atoms in total. The van der Waals surface area contributed by atoms with Crippen LogP contribution in [0.4, 0.5) is 0 Å². The van der Waals surface area contributed by atoms with E-state index >= 15 is 0 Å². The Balaban J connectivity index is 2.29. The van der Waals surface area contributed by atoms with Gasteiger partial charge in [0, 0.05) is 12.1 Å². The van der Waals surface area contributed by atoms with Crippen molar-refractivity contribution >= 4 is 27.5 Å². The summed E-state index contributed by atoms with van der Waals surface area (Å²) >= 11 is 0. The minimum atomic E-state index is -0.0108. The third kappa shape index (κ3) is 2.06. The van der Waals surface area contributed by atoms with E-state index < -0.39 is 0 Å². The Bertz CT molecular complexity index is 761. The third-order valence-electron chi connectivity index (χ3n) is 3.33. The Morgan fingerprint density at radius 3 is 2.37 bits per heavy atom. The highest BCUT2D eigenvalue weighted by molar-refractivity contribution is 6.10. The molecule has 0 aliphatic heterocycles. The molecule has 0 saturated carbocycles. The lowest BCUT2D eigenvalue weighted by molar-refractivity contribution is 0.0957. The van der Waals surface area contributed by atoms with Crippen molar-refractivity contribution in [1.29, 1.82) is 0 Å². The molecule has 0 heterocycles. The Kier molecular flexibility index (Phi) is 2.92. The summed E-state index contributed by atoms with van der Waals surface area (Å²) in [7, 11) is 0. The van der Waals surface area contributed by atoms with Crippen LogP contribution in [0.1, 0.15) is 17.3 Å². The predicted octanol–water partition coefficient (Wildman–Crippen LogP) is 3.74. The first-order valence-corrected chi connectivity index (χ1v) is 6.49. The maximum absolute atomic E-state index is 12.1. The first-order chi connectivity index (χ1) is 9.29. The molecule has 1 N–H and O–H groups in total. The van der Waals surface area contributed by atoms with E-state index in [1.165, 1.54) is 5.39 Å². The van der Waals surface area contributed by atoms with E-state index in [1.807, 2.05) is 37.3 Å². The lowest BCUT2D eigenvalue weighted by Crippen LogP contribution is -2.22. The maximum atomic E-state index is 12.1. The quantitative estimate of drug-likeness (QED) is 0.689. The topological polar surface area (TPSA) is 29.1 Å². The van der Waals surface area contributed by atoms with E-state index in [0.29, 0.717) is 6.54 Å². The lowest BCUT2D eigenvalue weighted by atomic mass is 9.99. The summed E-state index contributed by atoms with van der Waals surface area (Å²) in [6.07, 6.45) is 0. The predicted molar refractivity (Wildman–Crippen MR) is 79.5 cm³/mol. The van der Waals surface area contributed by atoms with Crippen LogP contribution >= 0.6 is 0 Å². The first-order valence-electron chi connectivity index (χ1n) is 6.49. The second-order valence-electron chi connectivity index (χ2n) is 4.59. The van der Waals surface area contributed by atoms with Crippen LogP contribution in [0.25, 0.3) is 21.5 Å². The van der Waals surface area contributed by atoms with Crippen molar-refractivity contribution in [2.75, 3.05) is 6.54 Å². The van der Waals surface area contributed by atoms with Gasteiger partial charge in [0.15, 0.2) is 0 Å². The number of fused-ring (bicyclic) bond motifs is 2. The fourth-order valence-electron chi connectivity index (χ4n) is 2.42. The standard InChI is InChI=1S/C17H15NO/c1-2-18-17(19)15-9-5-8-14-10-12-6-3-4-7-13(12)11-16(14)15/h3-11H,2H2,1H3,(H,18,19). The molecule has 0 aromatic heterocycles. The van der Waals surface area contributed by atoms with Gasteiger partial charge in [-0.05, 0) is 46.7 Å². The van der Waals surface area contributed by atoms with Crippen LogP contribution in [0.5, 0.6) is 0 Å². The van der Waals surface area contributed by atoms with E-state index in [1.54, 1.807) is 0 Å². The number of carbonyl (C=O) groups is 1. The summed E-state index contributed by atoms with van der Waals surface area (Å²) in [5, 5.41) is 7.33. The molecule has 3 rings (SSSR count). The second-order valence-corrected chi connectivity index (χ2v) is 4.59. The van der Waals surface area contributed by atoms with Crippen LogP contribution in [-0.4, -0.2) is 12.5 Å². The van der Waals surface area contributed by atoms with Crippen molar-refractivity contribution in [2.45, 2.75) is 6.92 Å². The molecule has 3 aromatic carbocycles. The van der Waals surface area contributed by atoms with Gasteiger partial charge >= 0.3 is 0 Å². The van der Waals surface area contributed by atoms with Crippen molar-refractivity contribution < 1.29 is 4.79 Å². The molecular weight excluding hydrogens is 234 g/mol. The number of hydrogen-bond acceptors (Lipinski definition) is 1. The average molecular weight is 249 g/mol. The third-order valence-corrected chi connectivity index (χ3v) is 3.33. The van der Waals surface area contributed by atoms with Gasteiger partial charge in [0.25, 0.3) is 5.91 Å². The summed E-state index contributed by atoms with van der Waals surface area (Å²) in [5.74, 6) is -0.0108. The normalized spacial score (nSPS) is 10.8. The molecule has 0 fully saturated rings. The van der Waals surface area contributed by atoms with Crippen LogP contribution in [0, 0.1) is 0 Å². The summed E-state index contributed by atoms with van der Waals surface area (Å²) < 4.78 is 0. The SMILES string of the molecule is CCNC(=O)c1cccc2cc3ccccc3cc12. The molecule has 0 aliphatic rings. The van der Waals surface area contributed by atoms with Gasteiger partial charge in [-0.3, -0.25) is 4.79 Å². The van der Waals surface area contributed by atoms with Crippen molar-refractivity contribution in [1.82, 2.24) is 5.32 Å². The molecule has 0 radical (unpaired) electrons. The number of hydrogen-bond donors (Lipinski definition) is 1. The zero-order valence-corrected chi connectivity index (χ0v) is 10.8. The Morgan fingerprint density at radius 1 is 0.947 bits per heavy atom. The molecule has 0 aliphatic carbocycles. The molecule has 0 bridgehead atoms. The van der Waals surface area contributed by atoms with Gasteiger partial charge in [-0.2, -0.15) is 0 Å². The Morgan fingerprint density at radius 2 is 1.63 bits per heavy atom. The average Bonchev–Trinajstić information content (AvgIpc) is 2.44. The Hall–Kier alpha value is -2.35. The van der Waals surface area contributed by atoms with Crippen LogP contribution in [0.2, 0.25) is 0 Å². The van der Waals surface area contributed by atoms with Crippen LogP contribution < -0.4 is 5.32 Å². The van der Waals surface area contributed by atoms with Crippen LogP contribution in [0.3, 0.4) is 0 Å². The van der Waals surface area contributed by atoms with Crippen molar-refractivity contribution in [2.24, 2.45) is 0 Å². The first kappa shape index (κ1) is 11.7. The number of amides is 1. The highest BCUT2D eigenvalue weighted by Crippen LogP contribution is 2.25. The van der Waals surface area contributed by atoms with Crippen molar-refractivity contribution in [3.8, 4) is 0 Å². The number of benzene rings is 3. The summed E-state index contributed by atoms with van der Waals surface area (Å²) in [4.78, 5) is 12.1. The van der Waals surface area contributed by atoms with Crippen LogP contribution in [-0.2, 0) is 0 Å². The number of rotatable bonds is 2. The van der Waals surface area contributed by atoms with Gasteiger partial charge in [-0.15, -0.1) is 0 Å². The monoisotopic (exact) mass is 249 g/mol. The maximum Gasteiger partial charge on any atom is 0.251 e. The second kappa shape index (κ2) is 4.73. The Labute approximate surface area is 112 Å². The summed E-state index contributed by atoms with van der Waals surface area (Å²) in [6, 6.07) is 18.3. The molecule has 0 atom stereocenters. The highest BCUT2D eigenvalue weighted by atomic mass is 16.1. The van der Waals surface area contributed by atoms with E-state index in [0.717, 1.165) is 21.7 Å². The zero-order chi connectivity index (χ0) is 13.2. The highest BCUT2D eigenvalue weighted by Gasteiger charge is 2.09. The molecule has 1 amide bonds. The van der Waals surface area contributed by atoms with E-state index in [4.69, 9.17) is 0 Å². The summed E-state index contributed by atoms with van der Waals surface area (Å²) in [6.45, 7) is 2.57. The van der Waals surface area contributed by atoms with Gasteiger partial charge in [-0.1, -0.05) is 36.4 Å². The van der Waals surface area contributed by atoms with Crippen LogP contribution in [0.15, 0.2) is 54.6 Å². The molecule has 0 unspecified atom stereocenters. The van der Waals surface area contributed by atoms with Gasteiger partial charge in [0.05, 0.1) is 0 Å². The fraction of sp³-hybridized carbons (Fsp3) is 0.118. The van der Waals surface area contributed by atoms with E-state index in [9.17, 15) is 4.79 Å². The molecule has 0 saturated heterocycles. The van der Waals surface area contributed by atoms with E-state index in [2.05, 4.69) is 29.6 Å². The number of nitrogens with one attached hydrogen (secondary N) is 1. The zero-order valence-electron chi connectivity index (χ0n) is 10.8. The summed E-state index contributed by atoms with van der Waals surface area (Å²) in [5.41, 5.74) is 0.741. The van der Waals surface area contributed by atoms with Gasteiger partial charge < -0.3 is 5.32 Å². The molecule has 0 spiro atoms. The lowest BCUT2D eigenvalue weighted by Gasteiger charge is -2.08. The van der Waals surface area contributed by atoms with E-state index in [-0.39, 0.29) is 5.91 Å². The largest absolute Gasteiger partial charge is 0.352 e. The molecule has 3 aromatic rings. The molecular formula is C17H15NO. The van der Waals surface area contributed by atoms with Gasteiger partial charge in [-0.25, -0.2) is 0 Å². The molecule has 94 valence electrons. The van der Waals surface area contributed by atoms with Crippen molar-refractivity contribution in [3.63, 3.8) is 0 Å². The smallest absolute Gasteiger partial charge is 0.251 e. The fourth-order valence-corrected chi connectivity index (χ4v) is 2.42. The minimum absolute atomic E-state index is 0.0108. The minimum Gasteiger partial charge on any atom is -0.352 e. The molecule has 2 heteroatoms. The van der Waals surface area contributed by atoms with Crippen molar-refractivity contribution in [3.05, 3.63) is 60.2 Å². The number of carbonyl (C=O) groups excluding carboxylic acids is 1.